The van der Waals surface area contributed by atoms with Gasteiger partial charge in [0.2, 0.25) is 5.91 Å². The lowest BCUT2D eigenvalue weighted by Gasteiger charge is -2.42. The molecule has 1 spiro atoms. The Hall–Kier alpha value is -3.06. The van der Waals surface area contributed by atoms with Crippen LogP contribution in [0.1, 0.15) is 29.7 Å². The van der Waals surface area contributed by atoms with Crippen molar-refractivity contribution in [2.24, 2.45) is 11.3 Å². The predicted octanol–water partition coefficient (Wildman–Crippen LogP) is 2.82. The molecule has 2 aliphatic heterocycles. The third-order valence-corrected chi connectivity index (χ3v) is 7.01. The number of hydrogen-bond donors (Lipinski definition) is 1. The van der Waals surface area contributed by atoms with Crippen LogP contribution in [-0.2, 0) is 17.5 Å². The number of aromatic nitrogens is 2. The Balaban J connectivity index is 1.47. The van der Waals surface area contributed by atoms with Gasteiger partial charge in [-0.3, -0.25) is 9.48 Å². The Kier molecular flexibility index (Phi) is 6.10. The number of rotatable bonds is 4. The number of nitrogens with zero attached hydrogens (tertiary/aromatic N) is 5. The first-order chi connectivity index (χ1) is 15.6. The molecule has 1 aromatic heterocycles. The second-order valence-electron chi connectivity index (χ2n) is 9.00. The molecule has 1 amide bonds. The number of halogens is 3. The maximum absolute atomic E-state index is 13.4. The number of likely N-dealkylation sites (tertiary alicyclic amines) is 1. The summed E-state index contributed by atoms with van der Waals surface area (Å²) in [6.07, 6.45) is -1.52. The van der Waals surface area contributed by atoms with Crippen LogP contribution in [0.4, 0.5) is 18.9 Å². The van der Waals surface area contributed by atoms with Gasteiger partial charge in [0, 0.05) is 50.6 Å². The van der Waals surface area contributed by atoms with Gasteiger partial charge in [0.25, 0.3) is 0 Å². The number of aliphatic hydroxyl groups is 1. The number of hydrogen-bond acceptors (Lipinski definition) is 5. The van der Waals surface area contributed by atoms with Crippen molar-refractivity contribution in [3.63, 3.8) is 0 Å². The van der Waals surface area contributed by atoms with Crippen LogP contribution in [0.2, 0.25) is 0 Å². The molecule has 3 heterocycles. The maximum atomic E-state index is 13.4. The van der Waals surface area contributed by atoms with Crippen molar-refractivity contribution < 1.29 is 23.1 Å². The number of aliphatic hydroxyl groups excluding tert-OH is 1. The Morgan fingerprint density at radius 3 is 2.61 bits per heavy atom. The number of alkyl halides is 3. The summed E-state index contributed by atoms with van der Waals surface area (Å²) in [6.45, 7) is 3.95. The molecule has 33 heavy (non-hydrogen) atoms. The lowest BCUT2D eigenvalue weighted by molar-refractivity contribution is -0.138. The van der Waals surface area contributed by atoms with Crippen LogP contribution in [0.15, 0.2) is 30.5 Å². The van der Waals surface area contributed by atoms with Crippen molar-refractivity contribution in [1.82, 2.24) is 14.7 Å². The Bertz CT molecular complexity index is 1070. The normalized spacial score (nSPS) is 20.3. The van der Waals surface area contributed by atoms with Crippen molar-refractivity contribution in [3.05, 3.63) is 47.3 Å². The van der Waals surface area contributed by atoms with Gasteiger partial charge in [-0.15, -0.1) is 0 Å². The Morgan fingerprint density at radius 2 is 2.03 bits per heavy atom. The zero-order valence-electron chi connectivity index (χ0n) is 18.3. The molecular formula is C23H26F3N5O2. The molecule has 1 atom stereocenters. The van der Waals surface area contributed by atoms with E-state index in [0.29, 0.717) is 44.7 Å². The molecule has 4 rings (SSSR count). The standard InChI is InChI=1S/C23H26F3N5O2/c1-16-4-7-31(28-16)13-21(33)29-8-5-22(6-9-29)15-30(12-18(22)14-32)19-3-2-17(11-27)20(10-19)23(24,25)26/h2-4,7,10,18,32H,5-6,8-9,12-15H2,1H3. The smallest absolute Gasteiger partial charge is 0.396 e. The van der Waals surface area contributed by atoms with Crippen LogP contribution >= 0.6 is 0 Å². The van der Waals surface area contributed by atoms with E-state index in [-0.39, 0.29) is 30.4 Å². The van der Waals surface area contributed by atoms with Gasteiger partial charge in [-0.2, -0.15) is 23.5 Å². The molecule has 0 radical (unpaired) electrons. The highest BCUT2D eigenvalue weighted by Gasteiger charge is 2.48. The van der Waals surface area contributed by atoms with Crippen LogP contribution in [0, 0.1) is 29.6 Å². The molecule has 2 saturated heterocycles. The van der Waals surface area contributed by atoms with E-state index in [9.17, 15) is 23.1 Å². The zero-order valence-corrected chi connectivity index (χ0v) is 18.3. The second-order valence-corrected chi connectivity index (χ2v) is 9.00. The first kappa shape index (κ1) is 23.1. The summed E-state index contributed by atoms with van der Waals surface area (Å²) in [5.74, 6) is -0.126. The van der Waals surface area contributed by atoms with Crippen LogP contribution in [0.5, 0.6) is 0 Å². The van der Waals surface area contributed by atoms with Gasteiger partial charge >= 0.3 is 6.18 Å². The van der Waals surface area contributed by atoms with Crippen LogP contribution in [0.25, 0.3) is 0 Å². The molecule has 10 heteroatoms. The van der Waals surface area contributed by atoms with E-state index in [0.717, 1.165) is 11.8 Å². The highest BCUT2D eigenvalue weighted by atomic mass is 19.4. The van der Waals surface area contributed by atoms with E-state index < -0.39 is 17.3 Å². The summed E-state index contributed by atoms with van der Waals surface area (Å²) < 4.78 is 41.9. The highest BCUT2D eigenvalue weighted by Crippen LogP contribution is 2.46. The quantitative estimate of drug-likeness (QED) is 0.757. The van der Waals surface area contributed by atoms with Crippen LogP contribution in [0.3, 0.4) is 0 Å². The van der Waals surface area contributed by atoms with E-state index >= 15 is 0 Å². The molecule has 0 saturated carbocycles. The van der Waals surface area contributed by atoms with Gasteiger partial charge in [-0.25, -0.2) is 0 Å². The van der Waals surface area contributed by atoms with Crippen molar-refractivity contribution >= 4 is 11.6 Å². The number of carbonyl (C=O) groups is 1. The van der Waals surface area contributed by atoms with Crippen molar-refractivity contribution in [1.29, 1.82) is 5.26 Å². The average Bonchev–Trinajstić information content (AvgIpc) is 3.36. The number of carbonyl (C=O) groups excluding carboxylic acids is 1. The number of nitriles is 1. The number of aryl methyl sites for hydroxylation is 1. The van der Waals surface area contributed by atoms with Gasteiger partial charge in [0.1, 0.15) is 6.54 Å². The molecule has 0 aliphatic carbocycles. The molecule has 1 N–H and O–H groups in total. The minimum atomic E-state index is -4.62. The lowest BCUT2D eigenvalue weighted by Crippen LogP contribution is -2.48. The molecule has 1 aromatic carbocycles. The van der Waals surface area contributed by atoms with Gasteiger partial charge < -0.3 is 14.9 Å². The summed E-state index contributed by atoms with van der Waals surface area (Å²) in [5.41, 5.74) is -0.394. The second kappa shape index (κ2) is 8.71. The van der Waals surface area contributed by atoms with E-state index in [1.54, 1.807) is 21.8 Å². The molecule has 7 nitrogen and oxygen atoms in total. The molecule has 2 aliphatic rings. The lowest BCUT2D eigenvalue weighted by atomic mass is 9.71. The molecular weight excluding hydrogens is 435 g/mol. The molecule has 176 valence electrons. The molecule has 0 bridgehead atoms. The summed E-state index contributed by atoms with van der Waals surface area (Å²) in [5, 5.41) is 23.3. The summed E-state index contributed by atoms with van der Waals surface area (Å²) in [7, 11) is 0. The minimum Gasteiger partial charge on any atom is -0.396 e. The van der Waals surface area contributed by atoms with E-state index in [1.807, 2.05) is 17.9 Å². The maximum Gasteiger partial charge on any atom is 0.417 e. The fourth-order valence-corrected chi connectivity index (χ4v) is 5.10. The summed E-state index contributed by atoms with van der Waals surface area (Å²) >= 11 is 0. The monoisotopic (exact) mass is 461 g/mol. The summed E-state index contributed by atoms with van der Waals surface area (Å²) in [6, 6.07) is 7.21. The van der Waals surface area contributed by atoms with E-state index in [4.69, 9.17) is 5.26 Å². The average molecular weight is 461 g/mol. The number of piperidine rings is 1. The molecule has 2 aromatic rings. The van der Waals surface area contributed by atoms with Crippen LogP contribution < -0.4 is 4.90 Å². The molecule has 2 fully saturated rings. The van der Waals surface area contributed by atoms with Crippen LogP contribution in [-0.4, -0.2) is 58.5 Å². The number of amides is 1. The highest BCUT2D eigenvalue weighted by molar-refractivity contribution is 5.76. The van der Waals surface area contributed by atoms with Gasteiger partial charge in [-0.05, 0) is 49.4 Å². The van der Waals surface area contributed by atoms with E-state index in [2.05, 4.69) is 5.10 Å². The predicted molar refractivity (Wildman–Crippen MR) is 114 cm³/mol. The first-order valence-corrected chi connectivity index (χ1v) is 10.9. The van der Waals surface area contributed by atoms with Crippen molar-refractivity contribution in [3.8, 4) is 6.07 Å². The number of anilines is 1. The van der Waals surface area contributed by atoms with Gasteiger partial charge in [0.05, 0.1) is 22.9 Å². The summed E-state index contributed by atoms with van der Waals surface area (Å²) in [4.78, 5) is 16.3. The zero-order chi connectivity index (χ0) is 23.8. The fourth-order valence-electron chi connectivity index (χ4n) is 5.10. The Morgan fingerprint density at radius 1 is 1.30 bits per heavy atom. The third kappa shape index (κ3) is 4.55. The van der Waals surface area contributed by atoms with Gasteiger partial charge in [-0.1, -0.05) is 0 Å². The van der Waals surface area contributed by atoms with Crippen molar-refractivity contribution in [2.45, 2.75) is 32.5 Å². The van der Waals surface area contributed by atoms with Crippen molar-refractivity contribution in [2.75, 3.05) is 37.7 Å². The minimum absolute atomic E-state index is 0.0229. The molecule has 1 unspecified atom stereocenters. The number of benzene rings is 1. The van der Waals surface area contributed by atoms with E-state index in [1.165, 1.54) is 12.1 Å². The van der Waals surface area contributed by atoms with Gasteiger partial charge in [0.15, 0.2) is 0 Å². The SMILES string of the molecule is Cc1ccn(CC(=O)N2CCC3(CC2)CN(c2ccc(C#N)c(C(F)(F)F)c2)CC3CO)n1. The Labute approximate surface area is 190 Å². The first-order valence-electron chi connectivity index (χ1n) is 10.9. The third-order valence-electron chi connectivity index (χ3n) is 7.01. The fraction of sp³-hybridized carbons (Fsp3) is 0.522. The topological polar surface area (TPSA) is 85.4 Å². The largest absolute Gasteiger partial charge is 0.417 e.